The molecule has 0 fully saturated rings. The number of hydrogen-bond acceptors (Lipinski definition) is 7. The molecule has 0 bridgehead atoms. The first-order valence-electron chi connectivity index (χ1n) is 8.75. The van der Waals surface area contributed by atoms with Gasteiger partial charge in [-0.05, 0) is 36.2 Å². The number of aromatic nitrogens is 3. The Labute approximate surface area is 170 Å². The van der Waals surface area contributed by atoms with Gasteiger partial charge in [0.05, 0.1) is 18.0 Å². The third-order valence-corrected chi connectivity index (χ3v) is 6.18. The number of thioether (sulfide) groups is 1. The van der Waals surface area contributed by atoms with Crippen LogP contribution in [-0.4, -0.2) is 32.7 Å². The molecule has 1 N–H and O–H groups in total. The van der Waals surface area contributed by atoms with Crippen molar-refractivity contribution in [2.75, 3.05) is 16.0 Å². The molecule has 4 rings (SSSR count). The van der Waals surface area contributed by atoms with Crippen LogP contribution < -0.4 is 10.2 Å². The molecule has 3 aromatic rings. The van der Waals surface area contributed by atoms with Crippen molar-refractivity contribution in [2.24, 2.45) is 0 Å². The van der Waals surface area contributed by atoms with E-state index in [1.165, 1.54) is 23.1 Å². The van der Waals surface area contributed by atoms with Gasteiger partial charge in [-0.15, -0.1) is 10.2 Å². The molecular formula is C19H17N5O2S2. The van der Waals surface area contributed by atoms with Gasteiger partial charge in [-0.1, -0.05) is 42.2 Å². The number of benzene rings is 1. The summed E-state index contributed by atoms with van der Waals surface area (Å²) in [5.74, 6) is 0.201. The number of amides is 2. The number of hydrogen-bond donors (Lipinski definition) is 1. The van der Waals surface area contributed by atoms with Gasteiger partial charge in [0.2, 0.25) is 11.0 Å². The zero-order valence-corrected chi connectivity index (χ0v) is 16.7. The Morgan fingerprint density at radius 3 is 2.79 bits per heavy atom. The van der Waals surface area contributed by atoms with E-state index in [0.29, 0.717) is 23.0 Å². The lowest BCUT2D eigenvalue weighted by Crippen LogP contribution is -2.35. The molecule has 0 radical (unpaired) electrons. The minimum absolute atomic E-state index is 0.0512. The maximum atomic E-state index is 12.4. The van der Waals surface area contributed by atoms with E-state index in [0.717, 1.165) is 27.7 Å². The highest BCUT2D eigenvalue weighted by Crippen LogP contribution is 2.34. The summed E-state index contributed by atoms with van der Waals surface area (Å²) in [5, 5.41) is 13.0. The Hall–Kier alpha value is -2.78. The van der Waals surface area contributed by atoms with Crippen molar-refractivity contribution in [3.8, 4) is 0 Å². The van der Waals surface area contributed by atoms with E-state index >= 15 is 0 Å². The van der Waals surface area contributed by atoms with Gasteiger partial charge in [-0.3, -0.25) is 14.9 Å². The van der Waals surface area contributed by atoms with Gasteiger partial charge in [0, 0.05) is 11.8 Å². The Morgan fingerprint density at radius 2 is 2.04 bits per heavy atom. The molecule has 1 aliphatic rings. The number of pyridine rings is 1. The van der Waals surface area contributed by atoms with Crippen LogP contribution in [0.5, 0.6) is 0 Å². The smallest absolute Gasteiger partial charge is 0.257 e. The first-order chi connectivity index (χ1) is 13.6. The number of anilines is 2. The normalized spacial score (nSPS) is 13.3. The van der Waals surface area contributed by atoms with Gasteiger partial charge < -0.3 is 4.90 Å². The van der Waals surface area contributed by atoms with Gasteiger partial charge >= 0.3 is 0 Å². The van der Waals surface area contributed by atoms with Crippen LogP contribution in [0.1, 0.15) is 27.9 Å². The zero-order chi connectivity index (χ0) is 19.5. The van der Waals surface area contributed by atoms with Gasteiger partial charge in [0.25, 0.3) is 5.91 Å². The molecule has 28 heavy (non-hydrogen) atoms. The van der Waals surface area contributed by atoms with Crippen molar-refractivity contribution >= 4 is 45.7 Å². The summed E-state index contributed by atoms with van der Waals surface area (Å²) in [7, 11) is 0. The second kappa shape index (κ2) is 8.07. The Balaban J connectivity index is 1.46. The molecule has 2 aromatic heterocycles. The molecule has 0 saturated heterocycles. The zero-order valence-electron chi connectivity index (χ0n) is 15.1. The van der Waals surface area contributed by atoms with Crippen LogP contribution in [0, 0.1) is 0 Å². The molecule has 0 saturated carbocycles. The van der Waals surface area contributed by atoms with E-state index in [1.54, 1.807) is 23.2 Å². The summed E-state index contributed by atoms with van der Waals surface area (Å²) in [6, 6.07) is 10.9. The van der Waals surface area contributed by atoms with E-state index in [-0.39, 0.29) is 11.8 Å². The van der Waals surface area contributed by atoms with Crippen molar-refractivity contribution in [3.05, 3.63) is 58.7 Å². The fourth-order valence-electron chi connectivity index (χ4n) is 2.78. The summed E-state index contributed by atoms with van der Waals surface area (Å²) < 4.78 is 0. The fraction of sp³-hybridized carbons (Fsp3) is 0.211. The second-order valence-electron chi connectivity index (χ2n) is 6.10. The van der Waals surface area contributed by atoms with Crippen LogP contribution in [0.15, 0.2) is 47.6 Å². The molecule has 1 aliphatic heterocycles. The lowest BCUT2D eigenvalue weighted by molar-refractivity contribution is -0.116. The highest BCUT2D eigenvalue weighted by molar-refractivity contribution is 8.00. The van der Waals surface area contributed by atoms with E-state index in [4.69, 9.17) is 0 Å². The van der Waals surface area contributed by atoms with E-state index in [1.807, 2.05) is 31.2 Å². The minimum Gasteiger partial charge on any atom is -0.305 e. The largest absolute Gasteiger partial charge is 0.305 e. The molecule has 3 heterocycles. The highest BCUT2D eigenvalue weighted by atomic mass is 32.2. The number of nitrogens with zero attached hydrogens (tertiary/aromatic N) is 4. The minimum atomic E-state index is -0.231. The van der Waals surface area contributed by atoms with Crippen LogP contribution >= 0.6 is 23.1 Å². The number of rotatable bonds is 5. The number of fused-ring (bicyclic) bond motifs is 1. The SMILES string of the molecule is CCc1nnc(NC(=O)c2ccc(CN3C(=O)CSc4ncccc43)cc2)s1. The lowest BCUT2D eigenvalue weighted by atomic mass is 10.1. The van der Waals surface area contributed by atoms with Crippen molar-refractivity contribution < 1.29 is 9.59 Å². The predicted molar refractivity (Wildman–Crippen MR) is 110 cm³/mol. The molecule has 9 heteroatoms. The molecule has 0 unspecified atom stereocenters. The summed E-state index contributed by atoms with van der Waals surface area (Å²) >= 11 is 2.83. The molecule has 1 aromatic carbocycles. The van der Waals surface area contributed by atoms with Crippen LogP contribution in [0.3, 0.4) is 0 Å². The average Bonchev–Trinajstić information content (AvgIpc) is 3.18. The summed E-state index contributed by atoms with van der Waals surface area (Å²) in [6.07, 6.45) is 2.52. The maximum Gasteiger partial charge on any atom is 0.257 e. The molecule has 0 aliphatic carbocycles. The first kappa shape index (κ1) is 18.6. The van der Waals surface area contributed by atoms with E-state index < -0.39 is 0 Å². The molecule has 7 nitrogen and oxygen atoms in total. The predicted octanol–water partition coefficient (Wildman–Crippen LogP) is 3.39. The maximum absolute atomic E-state index is 12.4. The molecule has 0 spiro atoms. The quantitative estimate of drug-likeness (QED) is 0.692. The van der Waals surface area contributed by atoms with Gasteiger partial charge in [0.1, 0.15) is 10.0 Å². The monoisotopic (exact) mass is 411 g/mol. The van der Waals surface area contributed by atoms with Crippen LogP contribution in [-0.2, 0) is 17.8 Å². The van der Waals surface area contributed by atoms with Crippen molar-refractivity contribution in [1.82, 2.24) is 15.2 Å². The van der Waals surface area contributed by atoms with E-state index in [9.17, 15) is 9.59 Å². The van der Waals surface area contributed by atoms with Gasteiger partial charge in [0.15, 0.2) is 0 Å². The van der Waals surface area contributed by atoms with E-state index in [2.05, 4.69) is 20.5 Å². The standard InChI is InChI=1S/C19H17N5O2S2/c1-2-15-22-23-19(28-15)21-17(26)13-7-5-12(6-8-13)10-24-14-4-3-9-20-18(14)27-11-16(24)25/h3-9H,2,10-11H2,1H3,(H,21,23,26). The van der Waals surface area contributed by atoms with Gasteiger partial charge in [-0.25, -0.2) is 4.98 Å². The lowest BCUT2D eigenvalue weighted by Gasteiger charge is -2.28. The van der Waals surface area contributed by atoms with Crippen molar-refractivity contribution in [1.29, 1.82) is 0 Å². The summed E-state index contributed by atoms with van der Waals surface area (Å²) in [6.45, 7) is 2.43. The number of carbonyl (C=O) groups excluding carboxylic acids is 2. The number of aryl methyl sites for hydroxylation is 1. The number of carbonyl (C=O) groups is 2. The summed E-state index contributed by atoms with van der Waals surface area (Å²) in [5.41, 5.74) is 2.30. The van der Waals surface area contributed by atoms with Crippen molar-refractivity contribution in [2.45, 2.75) is 24.9 Å². The molecule has 2 amide bonds. The second-order valence-corrected chi connectivity index (χ2v) is 8.13. The number of nitrogens with one attached hydrogen (secondary N) is 1. The van der Waals surface area contributed by atoms with Crippen LogP contribution in [0.2, 0.25) is 0 Å². The van der Waals surface area contributed by atoms with Crippen LogP contribution in [0.4, 0.5) is 10.8 Å². The Bertz CT molecular complexity index is 1020. The third-order valence-electron chi connectivity index (χ3n) is 4.22. The first-order valence-corrected chi connectivity index (χ1v) is 10.5. The Morgan fingerprint density at radius 1 is 1.21 bits per heavy atom. The van der Waals surface area contributed by atoms with Crippen LogP contribution in [0.25, 0.3) is 0 Å². The third kappa shape index (κ3) is 3.90. The fourth-order valence-corrected chi connectivity index (χ4v) is 4.33. The molecule has 142 valence electrons. The van der Waals surface area contributed by atoms with Gasteiger partial charge in [-0.2, -0.15) is 0 Å². The van der Waals surface area contributed by atoms with Crippen molar-refractivity contribution in [3.63, 3.8) is 0 Å². The topological polar surface area (TPSA) is 88.1 Å². The molecular weight excluding hydrogens is 394 g/mol. The average molecular weight is 412 g/mol. The Kier molecular flexibility index (Phi) is 5.36. The highest BCUT2D eigenvalue weighted by Gasteiger charge is 2.25. The molecule has 0 atom stereocenters. The summed E-state index contributed by atoms with van der Waals surface area (Å²) in [4.78, 5) is 30.8.